The van der Waals surface area contributed by atoms with Gasteiger partial charge in [-0.3, -0.25) is 9.88 Å². The zero-order chi connectivity index (χ0) is 17.1. The zero-order valence-electron chi connectivity index (χ0n) is 14.2. The summed E-state index contributed by atoms with van der Waals surface area (Å²) in [5, 5.41) is 0. The number of fused-ring (bicyclic) bond motifs is 1. The number of ether oxygens (including phenoxy) is 2. The van der Waals surface area contributed by atoms with Crippen molar-refractivity contribution in [2.45, 2.75) is 44.2 Å². The highest BCUT2D eigenvalue weighted by atomic mass is 19.1. The molecule has 4 rings (SSSR count). The molecule has 3 heterocycles. The van der Waals surface area contributed by atoms with E-state index in [9.17, 15) is 4.39 Å². The number of aromatic nitrogens is 1. The van der Waals surface area contributed by atoms with Crippen LogP contribution in [-0.4, -0.2) is 41.3 Å². The van der Waals surface area contributed by atoms with Crippen molar-refractivity contribution < 1.29 is 13.9 Å². The number of pyridine rings is 1. The molecule has 132 valence electrons. The summed E-state index contributed by atoms with van der Waals surface area (Å²) in [7, 11) is 0. The fourth-order valence-electron chi connectivity index (χ4n) is 3.85. The lowest BCUT2D eigenvalue weighted by Crippen LogP contribution is -2.41. The van der Waals surface area contributed by atoms with Gasteiger partial charge in [0.1, 0.15) is 11.9 Å². The molecule has 0 aliphatic carbocycles. The lowest BCUT2D eigenvalue weighted by atomic mass is 10.0. The van der Waals surface area contributed by atoms with Gasteiger partial charge in [-0.1, -0.05) is 24.3 Å². The Morgan fingerprint density at radius 2 is 2.08 bits per heavy atom. The molecule has 0 unspecified atom stereocenters. The maximum atomic E-state index is 14.0. The normalized spacial score (nSPS) is 26.5. The third kappa shape index (κ3) is 3.73. The highest BCUT2D eigenvalue weighted by Gasteiger charge is 2.44. The Morgan fingerprint density at radius 1 is 1.20 bits per heavy atom. The van der Waals surface area contributed by atoms with Crippen molar-refractivity contribution in [2.75, 3.05) is 13.2 Å². The van der Waals surface area contributed by atoms with Crippen LogP contribution in [0.4, 0.5) is 4.39 Å². The molecule has 2 fully saturated rings. The Morgan fingerprint density at radius 3 is 2.92 bits per heavy atom. The smallest absolute Gasteiger partial charge is 0.127 e. The molecule has 2 aliphatic rings. The molecule has 0 bridgehead atoms. The molecule has 2 saturated heterocycles. The molecule has 1 aromatic heterocycles. The van der Waals surface area contributed by atoms with Gasteiger partial charge < -0.3 is 9.47 Å². The van der Waals surface area contributed by atoms with E-state index in [1.54, 1.807) is 12.3 Å². The molecule has 1 aromatic carbocycles. The minimum Gasteiger partial charge on any atom is -0.374 e. The average molecular weight is 342 g/mol. The van der Waals surface area contributed by atoms with Gasteiger partial charge in [-0.05, 0) is 31.0 Å². The van der Waals surface area contributed by atoms with Gasteiger partial charge >= 0.3 is 0 Å². The Bertz CT molecular complexity index is 697. The summed E-state index contributed by atoms with van der Waals surface area (Å²) in [6.07, 6.45) is 3.95. The van der Waals surface area contributed by atoms with Crippen LogP contribution in [0.3, 0.4) is 0 Å². The van der Waals surface area contributed by atoms with Crippen LogP contribution in [-0.2, 0) is 22.6 Å². The average Bonchev–Trinajstić information content (AvgIpc) is 3.01. The summed E-state index contributed by atoms with van der Waals surface area (Å²) < 4.78 is 26.2. The molecular weight excluding hydrogens is 319 g/mol. The molecule has 0 N–H and O–H groups in total. The molecule has 2 aromatic rings. The van der Waals surface area contributed by atoms with E-state index >= 15 is 0 Å². The van der Waals surface area contributed by atoms with E-state index in [4.69, 9.17) is 9.47 Å². The van der Waals surface area contributed by atoms with Crippen molar-refractivity contribution in [3.63, 3.8) is 0 Å². The lowest BCUT2D eigenvalue weighted by Gasteiger charge is -2.32. The quantitative estimate of drug-likeness (QED) is 0.836. The first kappa shape index (κ1) is 16.6. The number of hydrogen-bond donors (Lipinski definition) is 0. The van der Waals surface area contributed by atoms with E-state index in [2.05, 4.69) is 9.88 Å². The van der Waals surface area contributed by atoms with E-state index in [0.717, 1.165) is 37.3 Å². The third-order valence-corrected chi connectivity index (χ3v) is 5.09. The monoisotopic (exact) mass is 342 g/mol. The standard InChI is InChI=1S/C20H23FN2O2/c21-17-8-2-1-6-15(17)12-23-13-19(20-18(23)9-5-11-24-20)25-14-16-7-3-4-10-22-16/h1-4,6-8,10,18-20H,5,9,11-14H2/t18-,19+,20+/m0/s1. The summed E-state index contributed by atoms with van der Waals surface area (Å²) >= 11 is 0. The van der Waals surface area contributed by atoms with Crippen LogP contribution in [0.2, 0.25) is 0 Å². The summed E-state index contributed by atoms with van der Waals surface area (Å²) in [6, 6.07) is 13.1. The van der Waals surface area contributed by atoms with Crippen molar-refractivity contribution in [3.05, 3.63) is 65.7 Å². The van der Waals surface area contributed by atoms with Crippen molar-refractivity contribution in [3.8, 4) is 0 Å². The Balaban J connectivity index is 1.45. The van der Waals surface area contributed by atoms with Gasteiger partial charge in [0.15, 0.2) is 0 Å². The minimum atomic E-state index is -0.145. The van der Waals surface area contributed by atoms with Crippen molar-refractivity contribution >= 4 is 0 Å². The molecule has 5 heteroatoms. The van der Waals surface area contributed by atoms with Crippen LogP contribution in [0.1, 0.15) is 24.1 Å². The van der Waals surface area contributed by atoms with Gasteiger partial charge in [0, 0.05) is 37.5 Å². The van der Waals surface area contributed by atoms with E-state index in [1.165, 1.54) is 6.07 Å². The Hall–Kier alpha value is -1.82. The molecule has 4 nitrogen and oxygen atoms in total. The molecule has 3 atom stereocenters. The van der Waals surface area contributed by atoms with Crippen molar-refractivity contribution in [2.24, 2.45) is 0 Å². The van der Waals surface area contributed by atoms with Gasteiger partial charge in [0.05, 0.1) is 18.4 Å². The maximum absolute atomic E-state index is 14.0. The van der Waals surface area contributed by atoms with Crippen LogP contribution in [0.5, 0.6) is 0 Å². The van der Waals surface area contributed by atoms with E-state index in [-0.39, 0.29) is 18.0 Å². The second-order valence-corrected chi connectivity index (χ2v) is 6.74. The largest absolute Gasteiger partial charge is 0.374 e. The van der Waals surface area contributed by atoms with Crippen LogP contribution in [0.25, 0.3) is 0 Å². The molecular formula is C20H23FN2O2. The first-order valence-electron chi connectivity index (χ1n) is 8.92. The van der Waals surface area contributed by atoms with Crippen molar-refractivity contribution in [1.29, 1.82) is 0 Å². The predicted octanol–water partition coefficient (Wildman–Crippen LogP) is 3.17. The van der Waals surface area contributed by atoms with Gasteiger partial charge in [-0.2, -0.15) is 0 Å². The van der Waals surface area contributed by atoms with Gasteiger partial charge in [-0.25, -0.2) is 4.39 Å². The number of hydrogen-bond acceptors (Lipinski definition) is 4. The zero-order valence-corrected chi connectivity index (χ0v) is 14.2. The van der Waals surface area contributed by atoms with Gasteiger partial charge in [0.25, 0.3) is 0 Å². The first-order chi connectivity index (χ1) is 12.3. The molecule has 25 heavy (non-hydrogen) atoms. The second kappa shape index (κ2) is 7.60. The topological polar surface area (TPSA) is 34.6 Å². The number of rotatable bonds is 5. The third-order valence-electron chi connectivity index (χ3n) is 5.09. The first-order valence-corrected chi connectivity index (χ1v) is 8.92. The lowest BCUT2D eigenvalue weighted by molar-refractivity contribution is -0.0824. The van der Waals surface area contributed by atoms with Crippen LogP contribution in [0.15, 0.2) is 48.7 Å². The number of halogens is 1. The Labute approximate surface area is 147 Å². The second-order valence-electron chi connectivity index (χ2n) is 6.74. The molecule has 0 saturated carbocycles. The molecule has 2 aliphatic heterocycles. The van der Waals surface area contributed by atoms with E-state index in [0.29, 0.717) is 19.2 Å². The van der Waals surface area contributed by atoms with Crippen LogP contribution in [0, 0.1) is 5.82 Å². The van der Waals surface area contributed by atoms with Crippen LogP contribution >= 0.6 is 0 Å². The minimum absolute atomic E-state index is 0.000852. The summed E-state index contributed by atoms with van der Waals surface area (Å²) in [5.41, 5.74) is 1.65. The number of likely N-dealkylation sites (tertiary alicyclic amines) is 1. The highest BCUT2D eigenvalue weighted by Crippen LogP contribution is 2.32. The van der Waals surface area contributed by atoms with Crippen LogP contribution < -0.4 is 0 Å². The summed E-state index contributed by atoms with van der Waals surface area (Å²) in [5.74, 6) is -0.145. The SMILES string of the molecule is Fc1ccccc1CN1C[C@@H](OCc2ccccn2)[C@@H]2OCCC[C@@H]21. The molecule has 0 amide bonds. The highest BCUT2D eigenvalue weighted by molar-refractivity contribution is 5.18. The maximum Gasteiger partial charge on any atom is 0.127 e. The molecule has 0 radical (unpaired) electrons. The Kier molecular flexibility index (Phi) is 5.06. The predicted molar refractivity (Wildman–Crippen MR) is 92.4 cm³/mol. The fraction of sp³-hybridized carbons (Fsp3) is 0.450. The number of benzene rings is 1. The fourth-order valence-corrected chi connectivity index (χ4v) is 3.85. The number of nitrogens with zero attached hydrogens (tertiary/aromatic N) is 2. The van der Waals surface area contributed by atoms with Crippen molar-refractivity contribution in [1.82, 2.24) is 9.88 Å². The van der Waals surface area contributed by atoms with E-state index < -0.39 is 0 Å². The summed E-state index contributed by atoms with van der Waals surface area (Å²) in [6.45, 7) is 2.61. The van der Waals surface area contributed by atoms with Gasteiger partial charge in [-0.15, -0.1) is 0 Å². The summed E-state index contributed by atoms with van der Waals surface area (Å²) in [4.78, 5) is 6.62. The van der Waals surface area contributed by atoms with Gasteiger partial charge in [0.2, 0.25) is 0 Å². The van der Waals surface area contributed by atoms with E-state index in [1.807, 2.05) is 30.3 Å². The molecule has 0 spiro atoms.